The first-order valence-corrected chi connectivity index (χ1v) is 5.91. The normalized spacial score (nSPS) is 18.9. The maximum atomic E-state index is 11.7. The van der Waals surface area contributed by atoms with E-state index in [1.165, 1.54) is 7.05 Å². The van der Waals surface area contributed by atoms with Crippen LogP contribution < -0.4 is 10.6 Å². The molecule has 0 aliphatic carbocycles. The molecule has 0 radical (unpaired) electrons. The maximum Gasteiger partial charge on any atom is 0.251 e. The predicted octanol–water partition coefficient (Wildman–Crippen LogP) is 0.730. The van der Waals surface area contributed by atoms with Crippen LogP contribution in [0.5, 0.6) is 0 Å². The van der Waals surface area contributed by atoms with Crippen molar-refractivity contribution in [2.75, 3.05) is 12.4 Å². The van der Waals surface area contributed by atoms with E-state index in [-0.39, 0.29) is 18.2 Å². The van der Waals surface area contributed by atoms with Crippen LogP contribution in [0.1, 0.15) is 6.42 Å². The molecule has 94 valence electrons. The van der Waals surface area contributed by atoms with E-state index in [1.807, 2.05) is 30.3 Å². The Morgan fingerprint density at radius 3 is 2.56 bits per heavy atom. The lowest BCUT2D eigenvalue weighted by Crippen LogP contribution is -2.42. The zero-order chi connectivity index (χ0) is 13.1. The van der Waals surface area contributed by atoms with Gasteiger partial charge in [0, 0.05) is 12.7 Å². The molecule has 1 atom stereocenters. The van der Waals surface area contributed by atoms with Crippen LogP contribution in [0, 0.1) is 0 Å². The maximum absolute atomic E-state index is 11.7. The Morgan fingerprint density at radius 1 is 1.33 bits per heavy atom. The number of para-hydroxylation sites is 1. The first-order valence-electron chi connectivity index (χ1n) is 5.51. The van der Waals surface area contributed by atoms with Gasteiger partial charge < -0.3 is 10.6 Å². The summed E-state index contributed by atoms with van der Waals surface area (Å²) in [6.07, 6.45) is 0.145. The van der Waals surface area contributed by atoms with E-state index in [0.717, 1.165) is 10.6 Å². The van der Waals surface area contributed by atoms with Gasteiger partial charge in [-0.25, -0.2) is 0 Å². The topological polar surface area (TPSA) is 61.4 Å². The largest absolute Gasteiger partial charge is 0.350 e. The van der Waals surface area contributed by atoms with Gasteiger partial charge in [-0.1, -0.05) is 18.2 Å². The lowest BCUT2D eigenvalue weighted by Gasteiger charge is -2.14. The summed E-state index contributed by atoms with van der Waals surface area (Å²) < 4.78 is 0. The Hall–Kier alpha value is -1.95. The average Bonchev–Trinajstić information content (AvgIpc) is 2.58. The molecular formula is C12H13N3O2S. The van der Waals surface area contributed by atoms with Gasteiger partial charge in [0.1, 0.15) is 6.04 Å². The molecule has 1 aromatic carbocycles. The number of amides is 2. The van der Waals surface area contributed by atoms with E-state index >= 15 is 0 Å². The first-order chi connectivity index (χ1) is 8.58. The van der Waals surface area contributed by atoms with E-state index in [1.54, 1.807) is 0 Å². The number of rotatable bonds is 2. The fourth-order valence-electron chi connectivity index (χ4n) is 1.72. The number of imide groups is 1. The number of nitrogens with zero attached hydrogens (tertiary/aromatic N) is 1. The molecule has 0 spiro atoms. The molecule has 2 amide bonds. The van der Waals surface area contributed by atoms with Crippen LogP contribution in [0.15, 0.2) is 30.3 Å². The minimum absolute atomic E-state index is 0.145. The Kier molecular flexibility index (Phi) is 3.57. The van der Waals surface area contributed by atoms with E-state index in [4.69, 9.17) is 12.2 Å². The lowest BCUT2D eigenvalue weighted by atomic mass is 10.2. The van der Waals surface area contributed by atoms with E-state index in [0.29, 0.717) is 5.11 Å². The number of carbonyl (C=O) groups is 2. The highest BCUT2D eigenvalue weighted by Gasteiger charge is 2.36. The number of thiocarbonyl (C=S) groups is 1. The van der Waals surface area contributed by atoms with E-state index < -0.39 is 6.04 Å². The number of likely N-dealkylation sites (tertiary alicyclic amines) is 1. The van der Waals surface area contributed by atoms with Crippen molar-refractivity contribution in [3.05, 3.63) is 30.3 Å². The number of hydrogen-bond acceptors (Lipinski definition) is 3. The minimum Gasteiger partial charge on any atom is -0.350 e. The van der Waals surface area contributed by atoms with Gasteiger partial charge >= 0.3 is 0 Å². The van der Waals surface area contributed by atoms with Crippen molar-refractivity contribution in [3.8, 4) is 0 Å². The summed E-state index contributed by atoms with van der Waals surface area (Å²) in [5, 5.41) is 6.14. The van der Waals surface area contributed by atoms with Gasteiger partial charge in [0.05, 0.1) is 6.42 Å². The summed E-state index contributed by atoms with van der Waals surface area (Å²) in [6, 6.07) is 8.82. The van der Waals surface area contributed by atoms with Crippen LogP contribution in [0.25, 0.3) is 0 Å². The molecular weight excluding hydrogens is 250 g/mol. The molecule has 1 fully saturated rings. The van der Waals surface area contributed by atoms with Crippen molar-refractivity contribution in [2.24, 2.45) is 0 Å². The Bertz CT molecular complexity index is 489. The molecule has 1 aliphatic heterocycles. The molecule has 1 aromatic rings. The highest BCUT2D eigenvalue weighted by Crippen LogP contribution is 2.11. The molecule has 0 bridgehead atoms. The Labute approximate surface area is 110 Å². The van der Waals surface area contributed by atoms with Crippen molar-refractivity contribution in [2.45, 2.75) is 12.5 Å². The van der Waals surface area contributed by atoms with Crippen LogP contribution in [0.3, 0.4) is 0 Å². The summed E-state index contributed by atoms with van der Waals surface area (Å²) >= 11 is 5.10. The predicted molar refractivity (Wildman–Crippen MR) is 72.0 cm³/mol. The molecule has 18 heavy (non-hydrogen) atoms. The number of benzene rings is 1. The van der Waals surface area contributed by atoms with Crippen molar-refractivity contribution >= 4 is 34.8 Å². The molecule has 1 heterocycles. The van der Waals surface area contributed by atoms with E-state index in [9.17, 15) is 9.59 Å². The average molecular weight is 263 g/mol. The van der Waals surface area contributed by atoms with Crippen LogP contribution in [-0.4, -0.2) is 34.9 Å². The highest BCUT2D eigenvalue weighted by molar-refractivity contribution is 7.80. The molecule has 2 N–H and O–H groups in total. The van der Waals surface area contributed by atoms with Crippen molar-refractivity contribution < 1.29 is 9.59 Å². The SMILES string of the molecule is CN1C(=O)CC(NC(=S)Nc2ccccc2)C1=O. The summed E-state index contributed by atoms with van der Waals surface area (Å²) in [5.41, 5.74) is 0.833. The standard InChI is InChI=1S/C12H13N3O2S/c1-15-10(16)7-9(11(15)17)14-12(18)13-8-5-3-2-4-6-8/h2-6,9H,7H2,1H3,(H2,13,14,18). The Balaban J connectivity index is 1.93. The minimum atomic E-state index is -0.564. The second kappa shape index (κ2) is 5.14. The molecule has 2 rings (SSSR count). The quantitative estimate of drug-likeness (QED) is 0.608. The van der Waals surface area contributed by atoms with Gasteiger partial charge in [0.2, 0.25) is 5.91 Å². The third kappa shape index (κ3) is 2.65. The summed E-state index contributed by atoms with van der Waals surface area (Å²) in [6.45, 7) is 0. The number of anilines is 1. The van der Waals surface area contributed by atoms with Crippen LogP contribution in [-0.2, 0) is 9.59 Å². The van der Waals surface area contributed by atoms with Gasteiger partial charge in [-0.2, -0.15) is 0 Å². The number of nitrogens with one attached hydrogen (secondary N) is 2. The second-order valence-electron chi connectivity index (χ2n) is 4.01. The van der Waals surface area contributed by atoms with Gasteiger partial charge in [-0.3, -0.25) is 14.5 Å². The van der Waals surface area contributed by atoms with Gasteiger partial charge in [0.25, 0.3) is 5.91 Å². The highest BCUT2D eigenvalue weighted by atomic mass is 32.1. The van der Waals surface area contributed by atoms with Crippen LogP contribution in [0.4, 0.5) is 5.69 Å². The summed E-state index contributed by atoms with van der Waals surface area (Å²) in [7, 11) is 1.47. The van der Waals surface area contributed by atoms with E-state index in [2.05, 4.69) is 10.6 Å². The van der Waals surface area contributed by atoms with Crippen molar-refractivity contribution in [3.63, 3.8) is 0 Å². The molecule has 0 aromatic heterocycles. The molecule has 1 saturated heterocycles. The zero-order valence-electron chi connectivity index (χ0n) is 9.84. The number of carbonyl (C=O) groups excluding carboxylic acids is 2. The fraction of sp³-hybridized carbons (Fsp3) is 0.250. The zero-order valence-corrected chi connectivity index (χ0v) is 10.7. The molecule has 0 saturated carbocycles. The van der Waals surface area contributed by atoms with Gasteiger partial charge in [-0.15, -0.1) is 0 Å². The first kappa shape index (κ1) is 12.5. The third-order valence-corrected chi connectivity index (χ3v) is 2.94. The smallest absolute Gasteiger partial charge is 0.251 e. The number of hydrogen-bond donors (Lipinski definition) is 2. The lowest BCUT2D eigenvalue weighted by molar-refractivity contribution is -0.137. The molecule has 5 nitrogen and oxygen atoms in total. The summed E-state index contributed by atoms with van der Waals surface area (Å²) in [5.74, 6) is -0.447. The number of likely N-dealkylation sites (N-methyl/N-ethyl adjacent to an activating group) is 1. The van der Waals surface area contributed by atoms with Gasteiger partial charge in [0.15, 0.2) is 5.11 Å². The van der Waals surface area contributed by atoms with Crippen LogP contribution >= 0.6 is 12.2 Å². The second-order valence-corrected chi connectivity index (χ2v) is 4.42. The van der Waals surface area contributed by atoms with Crippen LogP contribution in [0.2, 0.25) is 0 Å². The Morgan fingerprint density at radius 2 is 2.00 bits per heavy atom. The summed E-state index contributed by atoms with van der Waals surface area (Å²) in [4.78, 5) is 24.1. The fourth-order valence-corrected chi connectivity index (χ4v) is 1.98. The van der Waals surface area contributed by atoms with Crippen molar-refractivity contribution in [1.82, 2.24) is 10.2 Å². The molecule has 6 heteroatoms. The molecule has 1 unspecified atom stereocenters. The molecule has 1 aliphatic rings. The third-order valence-electron chi connectivity index (χ3n) is 2.72. The van der Waals surface area contributed by atoms with Gasteiger partial charge in [-0.05, 0) is 24.4 Å². The van der Waals surface area contributed by atoms with Crippen molar-refractivity contribution in [1.29, 1.82) is 0 Å². The monoisotopic (exact) mass is 263 g/mol.